The van der Waals surface area contributed by atoms with Crippen LogP contribution in [0.15, 0.2) is 0 Å². The first-order valence-electron chi connectivity index (χ1n) is 6.76. The summed E-state index contributed by atoms with van der Waals surface area (Å²) in [6.07, 6.45) is -0.455. The van der Waals surface area contributed by atoms with Crippen LogP contribution in [0.2, 0.25) is 0 Å². The molecule has 0 fully saturated rings. The monoisotopic (exact) mass is 290 g/mol. The number of ether oxygens (including phenoxy) is 4. The van der Waals surface area contributed by atoms with Gasteiger partial charge in [0.1, 0.15) is 18.8 Å². The van der Waals surface area contributed by atoms with Crippen molar-refractivity contribution in [2.75, 3.05) is 26.9 Å². The van der Waals surface area contributed by atoms with Gasteiger partial charge in [0, 0.05) is 7.11 Å². The average Bonchev–Trinajstić information content (AvgIpc) is 2.39. The van der Waals surface area contributed by atoms with E-state index in [0.717, 1.165) is 0 Å². The van der Waals surface area contributed by atoms with E-state index in [4.69, 9.17) is 18.9 Å². The third-order valence-electron chi connectivity index (χ3n) is 2.51. The SMILES string of the molecule is COC(C)COC(C)COC(C)COC(=O)CC(C)=O. The molecule has 0 heterocycles. The van der Waals surface area contributed by atoms with Gasteiger partial charge < -0.3 is 18.9 Å². The van der Waals surface area contributed by atoms with Gasteiger partial charge in [-0.25, -0.2) is 0 Å². The number of hydrogen-bond donors (Lipinski definition) is 0. The van der Waals surface area contributed by atoms with Gasteiger partial charge in [0.05, 0.1) is 31.5 Å². The number of methoxy groups -OCH3 is 1. The zero-order chi connectivity index (χ0) is 15.5. The second-order valence-corrected chi connectivity index (χ2v) is 4.90. The van der Waals surface area contributed by atoms with Crippen LogP contribution in [-0.4, -0.2) is 57.0 Å². The summed E-state index contributed by atoms with van der Waals surface area (Å²) in [5, 5.41) is 0. The molecule has 6 heteroatoms. The molecule has 0 aliphatic rings. The second kappa shape index (κ2) is 10.8. The molecule has 0 aliphatic carbocycles. The Morgan fingerprint density at radius 2 is 1.40 bits per heavy atom. The van der Waals surface area contributed by atoms with E-state index < -0.39 is 5.97 Å². The molecular formula is C14H26O6. The van der Waals surface area contributed by atoms with Crippen LogP contribution in [0, 0.1) is 0 Å². The third kappa shape index (κ3) is 10.9. The van der Waals surface area contributed by atoms with Crippen molar-refractivity contribution in [3.63, 3.8) is 0 Å². The van der Waals surface area contributed by atoms with Crippen LogP contribution in [0.4, 0.5) is 0 Å². The summed E-state index contributed by atoms with van der Waals surface area (Å²) >= 11 is 0. The molecule has 0 rings (SSSR count). The molecule has 0 amide bonds. The van der Waals surface area contributed by atoms with Gasteiger partial charge in [-0.15, -0.1) is 0 Å². The van der Waals surface area contributed by atoms with Crippen LogP contribution in [0.5, 0.6) is 0 Å². The second-order valence-electron chi connectivity index (χ2n) is 4.90. The lowest BCUT2D eigenvalue weighted by molar-refractivity contribution is -0.150. The van der Waals surface area contributed by atoms with Crippen LogP contribution in [0.1, 0.15) is 34.1 Å². The van der Waals surface area contributed by atoms with Crippen molar-refractivity contribution >= 4 is 11.8 Å². The first kappa shape index (κ1) is 19.0. The van der Waals surface area contributed by atoms with Gasteiger partial charge in [-0.05, 0) is 27.7 Å². The highest BCUT2D eigenvalue weighted by Gasteiger charge is 2.12. The van der Waals surface area contributed by atoms with Crippen LogP contribution in [-0.2, 0) is 28.5 Å². The van der Waals surface area contributed by atoms with Crippen molar-refractivity contribution in [2.45, 2.75) is 52.4 Å². The van der Waals surface area contributed by atoms with Gasteiger partial charge in [-0.2, -0.15) is 0 Å². The Morgan fingerprint density at radius 1 is 0.900 bits per heavy atom. The average molecular weight is 290 g/mol. The Morgan fingerprint density at radius 3 is 1.90 bits per heavy atom. The van der Waals surface area contributed by atoms with Gasteiger partial charge in [0.15, 0.2) is 0 Å². The van der Waals surface area contributed by atoms with Crippen molar-refractivity contribution in [1.29, 1.82) is 0 Å². The van der Waals surface area contributed by atoms with Gasteiger partial charge in [-0.3, -0.25) is 9.59 Å². The summed E-state index contributed by atoms with van der Waals surface area (Å²) in [4.78, 5) is 21.9. The highest BCUT2D eigenvalue weighted by atomic mass is 16.6. The highest BCUT2D eigenvalue weighted by molar-refractivity contribution is 5.94. The van der Waals surface area contributed by atoms with Gasteiger partial charge in [0.25, 0.3) is 0 Å². The summed E-state index contributed by atoms with van der Waals surface area (Å²) in [6.45, 7) is 8.01. The summed E-state index contributed by atoms with van der Waals surface area (Å²) in [5.41, 5.74) is 0. The van der Waals surface area contributed by atoms with Gasteiger partial charge >= 0.3 is 5.97 Å². The van der Waals surface area contributed by atoms with Crippen LogP contribution >= 0.6 is 0 Å². The fourth-order valence-electron chi connectivity index (χ4n) is 1.23. The molecule has 118 valence electrons. The Hall–Kier alpha value is -0.980. The van der Waals surface area contributed by atoms with E-state index in [0.29, 0.717) is 13.2 Å². The number of rotatable bonds is 11. The summed E-state index contributed by atoms with van der Waals surface area (Å²) < 4.78 is 21.0. The van der Waals surface area contributed by atoms with E-state index in [1.807, 2.05) is 13.8 Å². The van der Waals surface area contributed by atoms with Crippen LogP contribution < -0.4 is 0 Å². The van der Waals surface area contributed by atoms with E-state index in [9.17, 15) is 9.59 Å². The number of Topliss-reactive ketones (excluding diaryl/α,β-unsaturated/α-hetero) is 1. The zero-order valence-electron chi connectivity index (χ0n) is 13.0. The molecule has 0 saturated heterocycles. The van der Waals surface area contributed by atoms with Crippen molar-refractivity contribution in [2.24, 2.45) is 0 Å². The molecule has 0 aromatic carbocycles. The zero-order valence-corrected chi connectivity index (χ0v) is 13.0. The quantitative estimate of drug-likeness (QED) is 0.422. The molecule has 0 radical (unpaired) electrons. The molecule has 6 nitrogen and oxygen atoms in total. The molecule has 3 unspecified atom stereocenters. The smallest absolute Gasteiger partial charge is 0.313 e. The maximum absolute atomic E-state index is 11.2. The maximum Gasteiger partial charge on any atom is 0.313 e. The number of ketones is 1. The fourth-order valence-corrected chi connectivity index (χ4v) is 1.23. The minimum atomic E-state index is -0.522. The molecule has 0 aromatic heterocycles. The topological polar surface area (TPSA) is 71.1 Å². The number of carbonyl (C=O) groups is 2. The van der Waals surface area contributed by atoms with Gasteiger partial charge in [-0.1, -0.05) is 0 Å². The van der Waals surface area contributed by atoms with E-state index >= 15 is 0 Å². The molecule has 0 bridgehead atoms. The lowest BCUT2D eigenvalue weighted by atomic mass is 10.3. The Bertz CT molecular complexity index is 291. The molecule has 0 aliphatic heterocycles. The standard InChI is InChI=1S/C14H26O6/c1-10(15)6-14(16)20-9-13(4)19-8-12(3)18-7-11(2)17-5/h11-13H,6-9H2,1-5H3. The third-order valence-corrected chi connectivity index (χ3v) is 2.51. The molecular weight excluding hydrogens is 264 g/mol. The highest BCUT2D eigenvalue weighted by Crippen LogP contribution is 2.00. The molecule has 0 N–H and O–H groups in total. The summed E-state index contributed by atoms with van der Waals surface area (Å²) in [6, 6.07) is 0. The largest absolute Gasteiger partial charge is 0.463 e. The van der Waals surface area contributed by atoms with E-state index in [1.165, 1.54) is 6.92 Å². The van der Waals surface area contributed by atoms with Crippen molar-refractivity contribution < 1.29 is 28.5 Å². The Balaban J connectivity index is 3.68. The maximum atomic E-state index is 11.2. The molecule has 0 spiro atoms. The lowest BCUT2D eigenvalue weighted by Crippen LogP contribution is -2.27. The predicted molar refractivity (Wildman–Crippen MR) is 73.6 cm³/mol. The Labute approximate surface area is 120 Å². The number of esters is 1. The van der Waals surface area contributed by atoms with Crippen LogP contribution in [0.3, 0.4) is 0 Å². The van der Waals surface area contributed by atoms with Crippen LogP contribution in [0.25, 0.3) is 0 Å². The number of carbonyl (C=O) groups excluding carboxylic acids is 2. The molecule has 20 heavy (non-hydrogen) atoms. The Kier molecular flexibility index (Phi) is 10.2. The van der Waals surface area contributed by atoms with Gasteiger partial charge in [0.2, 0.25) is 0 Å². The first-order chi connectivity index (χ1) is 9.35. The summed E-state index contributed by atoms with van der Waals surface area (Å²) in [7, 11) is 1.63. The van der Waals surface area contributed by atoms with Crippen molar-refractivity contribution in [1.82, 2.24) is 0 Å². The minimum absolute atomic E-state index is 0.0439. The first-order valence-corrected chi connectivity index (χ1v) is 6.76. The fraction of sp³-hybridized carbons (Fsp3) is 0.857. The molecule has 0 saturated carbocycles. The molecule has 3 atom stereocenters. The summed E-state index contributed by atoms with van der Waals surface area (Å²) in [5.74, 6) is -0.732. The van der Waals surface area contributed by atoms with Crippen molar-refractivity contribution in [3.8, 4) is 0 Å². The normalized spacial score (nSPS) is 15.4. The predicted octanol–water partition coefficient (Wildman–Crippen LogP) is 1.35. The number of hydrogen-bond acceptors (Lipinski definition) is 6. The minimum Gasteiger partial charge on any atom is -0.463 e. The molecule has 0 aromatic rings. The van der Waals surface area contributed by atoms with E-state index in [2.05, 4.69) is 0 Å². The lowest BCUT2D eigenvalue weighted by Gasteiger charge is -2.19. The van der Waals surface area contributed by atoms with Crippen molar-refractivity contribution in [3.05, 3.63) is 0 Å². The van der Waals surface area contributed by atoms with E-state index in [-0.39, 0.29) is 37.1 Å². The van der Waals surface area contributed by atoms with E-state index in [1.54, 1.807) is 14.0 Å².